The van der Waals surface area contributed by atoms with Gasteiger partial charge < -0.3 is 10.1 Å². The topological polar surface area (TPSA) is 68.3 Å². The summed E-state index contributed by atoms with van der Waals surface area (Å²) in [5, 5.41) is 4.33. The molecule has 1 saturated carbocycles. The molecule has 1 aromatic heterocycles. The second-order valence-electron chi connectivity index (χ2n) is 9.70. The van der Waals surface area contributed by atoms with Gasteiger partial charge in [-0.1, -0.05) is 25.8 Å². The molecule has 5 nitrogen and oxygen atoms in total. The first-order chi connectivity index (χ1) is 14.7. The fraction of sp³-hybridized carbons (Fsp3) is 0.640. The van der Waals surface area contributed by atoms with E-state index in [-0.39, 0.29) is 11.9 Å². The van der Waals surface area contributed by atoms with Crippen molar-refractivity contribution in [3.63, 3.8) is 0 Å². The van der Waals surface area contributed by atoms with Gasteiger partial charge in [0.2, 0.25) is 5.91 Å². The number of fused-ring (bicyclic) bond motifs is 1. The molecule has 1 heterocycles. The molecule has 1 N–H and O–H groups in total. The Morgan fingerprint density at radius 3 is 2.65 bits per heavy atom. The van der Waals surface area contributed by atoms with Gasteiger partial charge in [-0.15, -0.1) is 11.3 Å². The zero-order chi connectivity index (χ0) is 22.5. The summed E-state index contributed by atoms with van der Waals surface area (Å²) in [6, 6.07) is 6.47. The van der Waals surface area contributed by atoms with Crippen LogP contribution >= 0.6 is 11.3 Å². The molecule has 6 heteroatoms. The summed E-state index contributed by atoms with van der Waals surface area (Å²) in [5.41, 5.74) is 1.47. The SMILES string of the molecule is CCc1nc2ccc(CCCNC(=O)C3(CCC(=O)OC(C)(C)C)CCCC3)cc2s1. The molecule has 0 aliphatic heterocycles. The highest BCUT2D eigenvalue weighted by atomic mass is 32.1. The first-order valence-electron chi connectivity index (χ1n) is 11.6. The van der Waals surface area contributed by atoms with Crippen molar-refractivity contribution < 1.29 is 14.3 Å². The maximum Gasteiger partial charge on any atom is 0.306 e. The number of hydrogen-bond acceptors (Lipinski definition) is 5. The van der Waals surface area contributed by atoms with Crippen LogP contribution in [0.2, 0.25) is 0 Å². The number of hydrogen-bond donors (Lipinski definition) is 1. The van der Waals surface area contributed by atoms with Crippen molar-refractivity contribution in [1.82, 2.24) is 10.3 Å². The Bertz CT molecular complexity index is 907. The van der Waals surface area contributed by atoms with Gasteiger partial charge in [-0.2, -0.15) is 0 Å². The molecule has 31 heavy (non-hydrogen) atoms. The average Bonchev–Trinajstić information content (AvgIpc) is 3.35. The molecule has 0 bridgehead atoms. The van der Waals surface area contributed by atoms with Crippen molar-refractivity contribution in [1.29, 1.82) is 0 Å². The van der Waals surface area contributed by atoms with E-state index in [4.69, 9.17) is 4.74 Å². The van der Waals surface area contributed by atoms with Gasteiger partial charge in [0.05, 0.1) is 15.2 Å². The second kappa shape index (κ2) is 10.1. The first kappa shape index (κ1) is 23.7. The van der Waals surface area contributed by atoms with Crippen LogP contribution in [-0.2, 0) is 27.2 Å². The van der Waals surface area contributed by atoms with Gasteiger partial charge in [0.1, 0.15) is 5.60 Å². The van der Waals surface area contributed by atoms with Gasteiger partial charge in [0, 0.05) is 18.4 Å². The first-order valence-corrected chi connectivity index (χ1v) is 12.4. The molecule has 0 atom stereocenters. The molecule has 0 radical (unpaired) electrons. The third-order valence-corrected chi connectivity index (χ3v) is 7.16. The van der Waals surface area contributed by atoms with Crippen LogP contribution in [0.1, 0.15) is 83.2 Å². The van der Waals surface area contributed by atoms with Crippen molar-refractivity contribution in [2.45, 2.75) is 91.1 Å². The predicted octanol–water partition coefficient (Wildman–Crippen LogP) is 5.59. The lowest BCUT2D eigenvalue weighted by atomic mass is 9.80. The van der Waals surface area contributed by atoms with E-state index in [0.717, 1.165) is 50.5 Å². The van der Waals surface area contributed by atoms with Crippen LogP contribution in [0.25, 0.3) is 10.2 Å². The Morgan fingerprint density at radius 1 is 1.23 bits per heavy atom. The Labute approximate surface area is 190 Å². The summed E-state index contributed by atoms with van der Waals surface area (Å²) in [6.45, 7) is 8.41. The number of nitrogens with one attached hydrogen (secondary N) is 1. The molecular formula is C25H36N2O3S. The van der Waals surface area contributed by atoms with Crippen LogP contribution in [0, 0.1) is 5.41 Å². The normalized spacial score (nSPS) is 15.9. The Morgan fingerprint density at radius 2 is 1.97 bits per heavy atom. The van der Waals surface area contributed by atoms with Crippen LogP contribution in [0.3, 0.4) is 0 Å². The largest absolute Gasteiger partial charge is 0.460 e. The minimum atomic E-state index is -0.484. The van der Waals surface area contributed by atoms with Crippen LogP contribution in [0.4, 0.5) is 0 Å². The molecular weight excluding hydrogens is 408 g/mol. The molecule has 1 fully saturated rings. The third kappa shape index (κ3) is 6.52. The van der Waals surface area contributed by atoms with Crippen LogP contribution in [0.15, 0.2) is 18.2 Å². The van der Waals surface area contributed by atoms with E-state index in [1.165, 1.54) is 15.3 Å². The number of carbonyl (C=O) groups excluding carboxylic acids is 2. The van der Waals surface area contributed by atoms with Crippen LogP contribution < -0.4 is 5.32 Å². The number of nitrogens with zero attached hydrogens (tertiary/aromatic N) is 1. The number of esters is 1. The summed E-state index contributed by atoms with van der Waals surface area (Å²) >= 11 is 1.76. The molecule has 1 aromatic carbocycles. The van der Waals surface area contributed by atoms with Gasteiger partial charge >= 0.3 is 5.97 Å². The lowest BCUT2D eigenvalue weighted by Crippen LogP contribution is -2.40. The van der Waals surface area contributed by atoms with E-state index in [9.17, 15) is 9.59 Å². The Balaban J connectivity index is 1.48. The molecule has 170 valence electrons. The van der Waals surface area contributed by atoms with Gasteiger partial charge in [0.25, 0.3) is 0 Å². The summed E-state index contributed by atoms with van der Waals surface area (Å²) in [5.74, 6) is -0.102. The van der Waals surface area contributed by atoms with E-state index in [2.05, 4.69) is 35.4 Å². The molecule has 0 saturated heterocycles. The standard InChI is InChI=1S/C25H36N2O3S/c1-5-21-27-19-11-10-18(17-20(19)31-21)9-8-16-26-23(29)25(13-6-7-14-25)15-12-22(28)30-24(2,3)4/h10-11,17H,5-9,12-16H2,1-4H3,(H,26,29). The smallest absolute Gasteiger partial charge is 0.306 e. The van der Waals surface area contributed by atoms with E-state index in [1.807, 2.05) is 20.8 Å². The number of rotatable bonds is 9. The predicted molar refractivity (Wildman–Crippen MR) is 126 cm³/mol. The van der Waals surface area contributed by atoms with Gasteiger partial charge in [-0.05, 0) is 77.0 Å². The Hall–Kier alpha value is -1.95. The molecule has 2 aromatic rings. The summed E-state index contributed by atoms with van der Waals surface area (Å²) < 4.78 is 6.68. The van der Waals surface area contributed by atoms with E-state index >= 15 is 0 Å². The van der Waals surface area contributed by atoms with E-state index in [0.29, 0.717) is 19.4 Å². The number of carbonyl (C=O) groups is 2. The quantitative estimate of drug-likeness (QED) is 0.404. The number of aromatic nitrogens is 1. The molecule has 0 unspecified atom stereocenters. The van der Waals surface area contributed by atoms with Crippen LogP contribution in [-0.4, -0.2) is 29.0 Å². The number of ether oxygens (including phenoxy) is 1. The van der Waals surface area contributed by atoms with Crippen molar-refractivity contribution in [3.8, 4) is 0 Å². The molecule has 0 spiro atoms. The van der Waals surface area contributed by atoms with Gasteiger partial charge in [-0.25, -0.2) is 4.98 Å². The zero-order valence-corrected chi connectivity index (χ0v) is 20.2. The number of thiazole rings is 1. The third-order valence-electron chi connectivity index (χ3n) is 6.00. The van der Waals surface area contributed by atoms with Gasteiger partial charge in [0.15, 0.2) is 0 Å². The highest BCUT2D eigenvalue weighted by Gasteiger charge is 2.41. The highest BCUT2D eigenvalue weighted by molar-refractivity contribution is 7.18. The summed E-state index contributed by atoms with van der Waals surface area (Å²) in [7, 11) is 0. The maximum atomic E-state index is 13.0. The minimum Gasteiger partial charge on any atom is -0.460 e. The zero-order valence-electron chi connectivity index (χ0n) is 19.4. The number of amides is 1. The fourth-order valence-corrected chi connectivity index (χ4v) is 5.35. The van der Waals surface area contributed by atoms with Crippen molar-refractivity contribution >= 4 is 33.4 Å². The van der Waals surface area contributed by atoms with Crippen molar-refractivity contribution in [2.24, 2.45) is 5.41 Å². The highest BCUT2D eigenvalue weighted by Crippen LogP contribution is 2.42. The average molecular weight is 445 g/mol. The van der Waals surface area contributed by atoms with E-state index in [1.54, 1.807) is 11.3 Å². The maximum absolute atomic E-state index is 13.0. The van der Waals surface area contributed by atoms with E-state index < -0.39 is 11.0 Å². The fourth-order valence-electron chi connectivity index (χ4n) is 4.38. The monoisotopic (exact) mass is 444 g/mol. The lowest BCUT2D eigenvalue weighted by molar-refractivity contribution is -0.155. The summed E-state index contributed by atoms with van der Waals surface area (Å²) in [4.78, 5) is 29.8. The number of aryl methyl sites for hydroxylation is 2. The summed E-state index contributed by atoms with van der Waals surface area (Å²) in [6.07, 6.45) is 7.52. The second-order valence-corrected chi connectivity index (χ2v) is 10.8. The molecule has 1 amide bonds. The minimum absolute atomic E-state index is 0.110. The number of benzene rings is 1. The van der Waals surface area contributed by atoms with Gasteiger partial charge in [-0.3, -0.25) is 9.59 Å². The van der Waals surface area contributed by atoms with Crippen molar-refractivity contribution in [2.75, 3.05) is 6.54 Å². The molecule has 3 rings (SSSR count). The molecule has 1 aliphatic carbocycles. The lowest BCUT2D eigenvalue weighted by Gasteiger charge is -2.28. The molecule has 1 aliphatic rings. The Kier molecular flexibility index (Phi) is 7.73. The van der Waals surface area contributed by atoms with Crippen LogP contribution in [0.5, 0.6) is 0 Å². The van der Waals surface area contributed by atoms with Crippen molar-refractivity contribution in [3.05, 3.63) is 28.8 Å².